The van der Waals surface area contributed by atoms with Gasteiger partial charge < -0.3 is 9.88 Å². The predicted octanol–water partition coefficient (Wildman–Crippen LogP) is 5.95. The third-order valence-corrected chi connectivity index (χ3v) is 8.60. The molecular weight excluding hydrogens is 356 g/mol. The maximum atomic E-state index is 4.00. The molecule has 0 unspecified atom stereocenters. The lowest BCUT2D eigenvalue weighted by Gasteiger charge is -2.35. The second-order valence-corrected chi connectivity index (χ2v) is 13.6. The first kappa shape index (κ1) is 20.6. The van der Waals surface area contributed by atoms with Crippen LogP contribution in [0.2, 0.25) is 13.1 Å². The lowest BCUT2D eigenvalue weighted by molar-refractivity contribution is 0.501. The van der Waals surface area contributed by atoms with E-state index in [1.54, 1.807) is 5.20 Å². The summed E-state index contributed by atoms with van der Waals surface area (Å²) in [4.78, 5) is 6.31. The van der Waals surface area contributed by atoms with E-state index in [2.05, 4.69) is 119 Å². The summed E-state index contributed by atoms with van der Waals surface area (Å²) in [5, 5.41) is 1.59. The van der Waals surface area contributed by atoms with Gasteiger partial charge in [-0.25, -0.2) is 0 Å². The summed E-state index contributed by atoms with van der Waals surface area (Å²) < 4.78 is 0. The van der Waals surface area contributed by atoms with Gasteiger partial charge in [0.1, 0.15) is 8.24 Å². The van der Waals surface area contributed by atoms with E-state index in [9.17, 15) is 0 Å². The number of nitrogens with one attached hydrogen (secondary N) is 1. The summed E-state index contributed by atoms with van der Waals surface area (Å²) in [6, 6.07) is 21.8. The molecule has 0 saturated carbocycles. The second kappa shape index (κ2) is 7.73. The zero-order valence-corrected chi connectivity index (χ0v) is 19.4. The van der Waals surface area contributed by atoms with Crippen molar-refractivity contribution in [3.05, 3.63) is 82.7 Å². The molecule has 1 N–H and O–H groups in total. The van der Waals surface area contributed by atoms with E-state index in [1.807, 2.05) is 0 Å². The number of hydrogen-bond acceptors (Lipinski definition) is 2. The van der Waals surface area contributed by atoms with Crippen LogP contribution in [0.25, 0.3) is 11.1 Å². The molecule has 0 radical (unpaired) electrons. The highest BCUT2D eigenvalue weighted by Crippen LogP contribution is 2.47. The average molecular weight is 391 g/mol. The molecule has 148 valence electrons. The number of hydrogen-bond donors (Lipinski definition) is 1. The van der Waals surface area contributed by atoms with Gasteiger partial charge >= 0.3 is 0 Å². The number of benzene rings is 2. The summed E-state index contributed by atoms with van der Waals surface area (Å²) in [6.07, 6.45) is 1.02. The molecule has 1 aliphatic carbocycles. The summed E-state index contributed by atoms with van der Waals surface area (Å²) in [6.45, 7) is 11.7. The molecule has 0 saturated heterocycles. The molecule has 0 spiro atoms. The van der Waals surface area contributed by atoms with Gasteiger partial charge in [0.2, 0.25) is 0 Å². The summed E-state index contributed by atoms with van der Waals surface area (Å²) in [5.41, 5.74) is 6.96. The Kier molecular flexibility index (Phi) is 5.69. The lowest BCUT2D eigenvalue weighted by Crippen LogP contribution is -2.55. The number of nitrogens with zero attached hydrogens (tertiary/aromatic N) is 1. The van der Waals surface area contributed by atoms with Gasteiger partial charge in [-0.15, -0.1) is 0 Å². The SMILES string of the molecule is CN(C)C1=C(c2ccccc2)C(c2ccccc2)=C([Si](C)(C)NC(C)(C)C)C1. The maximum absolute atomic E-state index is 4.00. The van der Waals surface area contributed by atoms with Crippen LogP contribution in [0.3, 0.4) is 0 Å². The van der Waals surface area contributed by atoms with Crippen molar-refractivity contribution < 1.29 is 0 Å². The van der Waals surface area contributed by atoms with Crippen molar-refractivity contribution >= 4 is 19.4 Å². The fraction of sp³-hybridized carbons (Fsp3) is 0.360. The Labute approximate surface area is 172 Å². The first-order chi connectivity index (χ1) is 13.1. The zero-order chi connectivity index (χ0) is 20.5. The van der Waals surface area contributed by atoms with Gasteiger partial charge in [0.25, 0.3) is 0 Å². The second-order valence-electron chi connectivity index (χ2n) is 9.48. The van der Waals surface area contributed by atoms with Crippen LogP contribution in [0.1, 0.15) is 38.3 Å². The minimum absolute atomic E-state index is 0.0955. The van der Waals surface area contributed by atoms with Crippen LogP contribution < -0.4 is 4.98 Å². The molecule has 0 aliphatic heterocycles. The van der Waals surface area contributed by atoms with Crippen LogP contribution in [0.15, 0.2) is 71.6 Å². The highest BCUT2D eigenvalue weighted by atomic mass is 28.3. The third kappa shape index (κ3) is 4.31. The van der Waals surface area contributed by atoms with Gasteiger partial charge in [0.05, 0.1) is 0 Å². The van der Waals surface area contributed by atoms with E-state index >= 15 is 0 Å². The van der Waals surface area contributed by atoms with Crippen molar-refractivity contribution in [1.82, 2.24) is 9.88 Å². The van der Waals surface area contributed by atoms with Crippen LogP contribution in [0.4, 0.5) is 0 Å². The minimum Gasteiger partial charge on any atom is -0.380 e. The summed E-state index contributed by atoms with van der Waals surface area (Å²) in [7, 11) is 2.50. The molecule has 0 fully saturated rings. The van der Waals surface area contributed by atoms with E-state index in [0.29, 0.717) is 0 Å². The maximum Gasteiger partial charge on any atom is 0.148 e. The topological polar surface area (TPSA) is 15.3 Å². The molecule has 28 heavy (non-hydrogen) atoms. The van der Waals surface area contributed by atoms with Crippen molar-refractivity contribution in [2.45, 2.75) is 45.8 Å². The molecule has 3 rings (SSSR count). The Balaban J connectivity index is 2.26. The van der Waals surface area contributed by atoms with Gasteiger partial charge in [-0.3, -0.25) is 0 Å². The lowest BCUT2D eigenvalue weighted by atomic mass is 9.94. The number of rotatable bonds is 5. The molecule has 0 atom stereocenters. The van der Waals surface area contributed by atoms with Crippen molar-refractivity contribution in [3.8, 4) is 0 Å². The van der Waals surface area contributed by atoms with Gasteiger partial charge in [0.15, 0.2) is 0 Å². The molecule has 0 aromatic heterocycles. The normalized spacial score (nSPS) is 15.4. The van der Waals surface area contributed by atoms with Crippen LogP contribution in [-0.4, -0.2) is 32.8 Å². The Morgan fingerprint density at radius 2 is 1.25 bits per heavy atom. The Morgan fingerprint density at radius 3 is 1.68 bits per heavy atom. The Morgan fingerprint density at radius 1 is 0.786 bits per heavy atom. The monoisotopic (exact) mass is 390 g/mol. The smallest absolute Gasteiger partial charge is 0.148 e. The van der Waals surface area contributed by atoms with Crippen molar-refractivity contribution in [2.24, 2.45) is 0 Å². The minimum atomic E-state index is -1.85. The van der Waals surface area contributed by atoms with Crippen LogP contribution >= 0.6 is 0 Å². The molecular formula is C25H34N2Si. The largest absolute Gasteiger partial charge is 0.380 e. The van der Waals surface area contributed by atoms with Crippen molar-refractivity contribution in [3.63, 3.8) is 0 Å². The quantitative estimate of drug-likeness (QED) is 0.635. The fourth-order valence-corrected chi connectivity index (χ4v) is 7.94. The predicted molar refractivity (Wildman–Crippen MR) is 125 cm³/mol. The molecule has 0 heterocycles. The van der Waals surface area contributed by atoms with E-state index in [-0.39, 0.29) is 5.54 Å². The molecule has 3 heteroatoms. The van der Waals surface area contributed by atoms with Crippen LogP contribution in [0, 0.1) is 0 Å². The third-order valence-electron chi connectivity index (χ3n) is 5.29. The standard InChI is InChI=1S/C25H34N2Si/c1-25(2,3)26-28(6,7)22-18-21(27(4)5)23(19-14-10-8-11-15-19)24(22)20-16-12-9-13-17-20/h8-17,26H,18H2,1-7H3. The first-order valence-corrected chi connectivity index (χ1v) is 13.1. The van der Waals surface area contributed by atoms with E-state index < -0.39 is 8.24 Å². The molecule has 0 bridgehead atoms. The zero-order valence-electron chi connectivity index (χ0n) is 18.4. The molecule has 0 amide bonds. The Hall–Kier alpha value is -2.10. The van der Waals surface area contributed by atoms with Gasteiger partial charge in [-0.05, 0) is 37.5 Å². The van der Waals surface area contributed by atoms with Crippen molar-refractivity contribution in [1.29, 1.82) is 0 Å². The van der Waals surface area contributed by atoms with Gasteiger partial charge in [-0.2, -0.15) is 0 Å². The first-order valence-electron chi connectivity index (χ1n) is 10.1. The molecule has 2 aromatic rings. The van der Waals surface area contributed by atoms with Crippen LogP contribution in [-0.2, 0) is 0 Å². The highest BCUT2D eigenvalue weighted by Gasteiger charge is 2.39. The summed E-state index contributed by atoms with van der Waals surface area (Å²) in [5.74, 6) is 0. The van der Waals surface area contributed by atoms with E-state index in [4.69, 9.17) is 0 Å². The number of allylic oxidation sites excluding steroid dienone is 3. The Bertz CT molecular complexity index is 885. The van der Waals surface area contributed by atoms with E-state index in [0.717, 1.165) is 6.42 Å². The molecule has 2 nitrogen and oxygen atoms in total. The molecule has 2 aromatic carbocycles. The van der Waals surface area contributed by atoms with Crippen molar-refractivity contribution in [2.75, 3.05) is 14.1 Å². The highest BCUT2D eigenvalue weighted by molar-refractivity contribution is 6.83. The van der Waals surface area contributed by atoms with Crippen LogP contribution in [0.5, 0.6) is 0 Å². The summed E-state index contributed by atoms with van der Waals surface area (Å²) >= 11 is 0. The van der Waals surface area contributed by atoms with E-state index in [1.165, 1.54) is 28.0 Å². The average Bonchev–Trinajstić information content (AvgIpc) is 3.03. The fourth-order valence-electron chi connectivity index (χ4n) is 4.41. The van der Waals surface area contributed by atoms with Gasteiger partial charge in [-0.1, -0.05) is 79.0 Å². The molecule has 1 aliphatic rings. The van der Waals surface area contributed by atoms with Gasteiger partial charge in [0, 0.05) is 37.3 Å².